The van der Waals surface area contributed by atoms with Crippen LogP contribution < -0.4 is 0 Å². The van der Waals surface area contributed by atoms with Crippen molar-refractivity contribution < 1.29 is 19.4 Å². The maximum atomic E-state index is 10.1. The Balaban J connectivity index is 0. The molecular weight excluding hydrogens is 148 g/mol. The summed E-state index contributed by atoms with van der Waals surface area (Å²) in [6.07, 6.45) is -1.04. The molecule has 0 aromatic rings. The molecule has 56 valence electrons. The van der Waals surface area contributed by atoms with Gasteiger partial charge in [0.25, 0.3) is 0 Å². The van der Waals surface area contributed by atoms with Crippen molar-refractivity contribution in [3.8, 4) is 0 Å². The number of ether oxygens (including phenoxy) is 1. The fraction of sp³-hybridized carbons (Fsp3) is 0.600. The van der Waals surface area contributed by atoms with Crippen molar-refractivity contribution in [3.05, 3.63) is 0 Å². The van der Waals surface area contributed by atoms with E-state index in [-0.39, 0.29) is 23.1 Å². The highest BCUT2D eigenvalue weighted by molar-refractivity contribution is 5.76. The van der Waals surface area contributed by atoms with E-state index < -0.39 is 18.0 Å². The fourth-order valence-electron chi connectivity index (χ4n) is 0.299. The zero-order valence-corrected chi connectivity index (χ0v) is 5.25. The Kier molecular flexibility index (Phi) is 6.80. The van der Waals surface area contributed by atoms with Gasteiger partial charge in [-0.05, 0) is 6.92 Å². The molecule has 10 heavy (non-hydrogen) atoms. The first-order chi connectivity index (χ1) is 4.04. The molecule has 0 aromatic heterocycles. The zero-order valence-electron chi connectivity index (χ0n) is 5.25. The zero-order chi connectivity index (χ0) is 7.44. The van der Waals surface area contributed by atoms with Gasteiger partial charge in [-0.2, -0.15) is 0 Å². The first-order valence-corrected chi connectivity index (χ1v) is 2.44. The number of esters is 1. The van der Waals surface area contributed by atoms with Gasteiger partial charge in [-0.15, -0.1) is 0 Å². The molecule has 0 aromatic carbocycles. The molecule has 0 aliphatic carbocycles. The first kappa shape index (κ1) is 12.4. The van der Waals surface area contributed by atoms with Crippen LogP contribution in [0.15, 0.2) is 0 Å². The molecule has 0 radical (unpaired) electrons. The monoisotopic (exact) mass is 158 g/mol. The van der Waals surface area contributed by atoms with Crippen molar-refractivity contribution in [1.82, 2.24) is 0 Å². The molecule has 4 nitrogen and oxygen atoms in total. The summed E-state index contributed by atoms with van der Waals surface area (Å²) < 4.78 is 4.27. The summed E-state index contributed by atoms with van der Waals surface area (Å²) in [6.45, 7) is 2.46. The van der Waals surface area contributed by atoms with E-state index in [9.17, 15) is 9.59 Å². The molecule has 0 amide bonds. The molecule has 0 fully saturated rings. The number of carbonyl (C=O) groups is 2. The van der Waals surface area contributed by atoms with Gasteiger partial charge in [0.05, 0.1) is 0 Å². The molecule has 1 atom stereocenters. The molecule has 0 heterocycles. The van der Waals surface area contributed by atoms with Gasteiger partial charge in [0.2, 0.25) is 0 Å². The molecule has 0 spiro atoms. The molecule has 0 bridgehead atoms. The lowest BCUT2D eigenvalue weighted by Gasteiger charge is -2.04. The Hall–Kier alpha value is -0.294. The van der Waals surface area contributed by atoms with Crippen molar-refractivity contribution in [2.24, 2.45) is 0 Å². The molecule has 0 aliphatic rings. The van der Waals surface area contributed by atoms with Crippen molar-refractivity contribution in [3.63, 3.8) is 0 Å². The highest BCUT2D eigenvalue weighted by atomic mass is 24.3. The van der Waals surface area contributed by atoms with Crippen LogP contribution in [-0.4, -0.2) is 46.2 Å². The lowest BCUT2D eigenvalue weighted by molar-refractivity contribution is -0.161. The molecule has 0 rings (SSSR count). The van der Waals surface area contributed by atoms with E-state index >= 15 is 0 Å². The third-order valence-corrected chi connectivity index (χ3v) is 0.691. The highest BCUT2D eigenvalue weighted by Crippen LogP contribution is 1.89. The fourth-order valence-corrected chi connectivity index (χ4v) is 0.299. The van der Waals surface area contributed by atoms with Crippen LogP contribution in [0.3, 0.4) is 0 Å². The molecule has 1 unspecified atom stereocenters. The predicted octanol–water partition coefficient (Wildman–Crippen LogP) is -0.894. The number of carboxylic acid groups (broad SMARTS) is 1. The number of hydrogen-bond donors (Lipinski definition) is 1. The van der Waals surface area contributed by atoms with Crippen LogP contribution in [0.4, 0.5) is 0 Å². The Morgan fingerprint density at radius 1 is 1.50 bits per heavy atom. The van der Waals surface area contributed by atoms with E-state index in [1.165, 1.54) is 13.8 Å². The maximum Gasteiger partial charge on any atom is 0.344 e. The van der Waals surface area contributed by atoms with Crippen LogP contribution in [-0.2, 0) is 14.3 Å². The normalized spacial score (nSPS) is 11.0. The van der Waals surface area contributed by atoms with Gasteiger partial charge in [0.15, 0.2) is 6.10 Å². The summed E-state index contributed by atoms with van der Waals surface area (Å²) in [7, 11) is 0. The van der Waals surface area contributed by atoms with E-state index in [4.69, 9.17) is 5.11 Å². The van der Waals surface area contributed by atoms with Gasteiger partial charge < -0.3 is 9.84 Å². The SMILES string of the molecule is CC(=O)OC(C)C(=O)O.[MgH2]. The topological polar surface area (TPSA) is 63.6 Å². The van der Waals surface area contributed by atoms with E-state index in [1.807, 2.05) is 0 Å². The van der Waals surface area contributed by atoms with Crippen LogP contribution in [0, 0.1) is 0 Å². The Labute approximate surface area is 74.7 Å². The van der Waals surface area contributed by atoms with Crippen LogP contribution in [0.5, 0.6) is 0 Å². The largest absolute Gasteiger partial charge is 0.479 e. The average Bonchev–Trinajstić information content (AvgIpc) is 1.63. The summed E-state index contributed by atoms with van der Waals surface area (Å²) in [4.78, 5) is 20.0. The third-order valence-electron chi connectivity index (χ3n) is 0.691. The van der Waals surface area contributed by atoms with Crippen molar-refractivity contribution in [2.45, 2.75) is 20.0 Å². The van der Waals surface area contributed by atoms with Crippen LogP contribution >= 0.6 is 0 Å². The number of aliphatic carboxylic acids is 1. The second-order valence-corrected chi connectivity index (χ2v) is 1.59. The van der Waals surface area contributed by atoms with E-state index in [2.05, 4.69) is 4.74 Å². The van der Waals surface area contributed by atoms with Gasteiger partial charge in [-0.25, -0.2) is 4.79 Å². The van der Waals surface area contributed by atoms with Crippen molar-refractivity contribution in [2.75, 3.05) is 0 Å². The van der Waals surface area contributed by atoms with Gasteiger partial charge in [-0.3, -0.25) is 4.79 Å². The first-order valence-electron chi connectivity index (χ1n) is 2.44. The van der Waals surface area contributed by atoms with E-state index in [0.29, 0.717) is 0 Å². The molecular formula is C5H10MgO4. The average molecular weight is 158 g/mol. The number of rotatable bonds is 2. The second-order valence-electron chi connectivity index (χ2n) is 1.59. The molecule has 0 saturated carbocycles. The van der Waals surface area contributed by atoms with E-state index in [1.54, 1.807) is 0 Å². The minimum atomic E-state index is -1.13. The number of carboxylic acids is 1. The summed E-state index contributed by atoms with van der Waals surface area (Å²) in [5, 5.41) is 8.15. The van der Waals surface area contributed by atoms with Crippen molar-refractivity contribution in [1.29, 1.82) is 0 Å². The second kappa shape index (κ2) is 5.49. The molecule has 5 heteroatoms. The van der Waals surface area contributed by atoms with Gasteiger partial charge in [0, 0.05) is 6.92 Å². The van der Waals surface area contributed by atoms with Gasteiger partial charge in [0.1, 0.15) is 0 Å². The predicted molar refractivity (Wildman–Crippen MR) is 37.4 cm³/mol. The minimum Gasteiger partial charge on any atom is -0.479 e. The lowest BCUT2D eigenvalue weighted by atomic mass is 10.4. The summed E-state index contributed by atoms with van der Waals surface area (Å²) in [6, 6.07) is 0. The smallest absolute Gasteiger partial charge is 0.344 e. The quantitative estimate of drug-likeness (QED) is 0.418. The summed E-state index contributed by atoms with van der Waals surface area (Å²) >= 11 is 0. The number of carbonyl (C=O) groups excluding carboxylic acids is 1. The molecule has 0 saturated heterocycles. The van der Waals surface area contributed by atoms with Gasteiger partial charge in [-0.1, -0.05) is 0 Å². The highest BCUT2D eigenvalue weighted by Gasteiger charge is 2.12. The third kappa shape index (κ3) is 5.84. The standard InChI is InChI=1S/C5H8O4.Mg.2H/c1-3(5(7)8)9-4(2)6;;;/h3H,1-2H3,(H,7,8);;;. The summed E-state index contributed by atoms with van der Waals surface area (Å²) in [5.74, 6) is -1.71. The Morgan fingerprint density at radius 3 is 2.00 bits per heavy atom. The molecule has 1 N–H and O–H groups in total. The Bertz CT molecular complexity index is 134. The van der Waals surface area contributed by atoms with Crippen LogP contribution in [0.2, 0.25) is 0 Å². The lowest BCUT2D eigenvalue weighted by Crippen LogP contribution is -2.21. The Morgan fingerprint density at radius 2 is 1.90 bits per heavy atom. The summed E-state index contributed by atoms with van der Waals surface area (Å²) in [5.41, 5.74) is 0. The maximum absolute atomic E-state index is 10.1. The van der Waals surface area contributed by atoms with Gasteiger partial charge >= 0.3 is 35.0 Å². The minimum absolute atomic E-state index is 0. The van der Waals surface area contributed by atoms with E-state index in [0.717, 1.165) is 0 Å². The van der Waals surface area contributed by atoms with Crippen LogP contribution in [0.1, 0.15) is 13.8 Å². The van der Waals surface area contributed by atoms with Crippen LogP contribution in [0.25, 0.3) is 0 Å². The number of hydrogen-bond acceptors (Lipinski definition) is 3. The van der Waals surface area contributed by atoms with Crippen molar-refractivity contribution >= 4 is 35.0 Å². The molecule has 0 aliphatic heterocycles.